The van der Waals surface area contributed by atoms with Crippen LogP contribution in [0.15, 0.2) is 36.4 Å². The largest absolute Gasteiger partial charge is 0.493 e. The third-order valence-corrected chi connectivity index (χ3v) is 6.98. The second-order valence-electron chi connectivity index (χ2n) is 9.67. The summed E-state index contributed by atoms with van der Waals surface area (Å²) in [6.07, 6.45) is 8.71. The highest BCUT2D eigenvalue weighted by Gasteiger charge is 2.40. The van der Waals surface area contributed by atoms with Gasteiger partial charge in [0, 0.05) is 38.1 Å². The van der Waals surface area contributed by atoms with E-state index in [1.807, 2.05) is 6.07 Å². The van der Waals surface area contributed by atoms with Gasteiger partial charge in [-0.3, -0.25) is 9.59 Å². The van der Waals surface area contributed by atoms with E-state index < -0.39 is 12.2 Å². The van der Waals surface area contributed by atoms with E-state index in [0.29, 0.717) is 40.8 Å². The molecule has 9 heteroatoms. The predicted octanol–water partition coefficient (Wildman–Crippen LogP) is 5.77. The number of likely N-dealkylation sites (N-methyl/N-ethyl adjacent to an activating group) is 1. The smallest absolute Gasteiger partial charge is 0.258 e. The number of hydrogen-bond acceptors (Lipinski definition) is 7. The molecule has 2 unspecified atom stereocenters. The number of carbonyl (C=O) groups is 2. The lowest BCUT2D eigenvalue weighted by molar-refractivity contribution is -0.142. The Kier molecular flexibility index (Phi) is 11.8. The number of nitrogens with one attached hydrogen (secondary N) is 1. The summed E-state index contributed by atoms with van der Waals surface area (Å²) in [5, 5.41) is 2.86. The van der Waals surface area contributed by atoms with E-state index in [0.717, 1.165) is 18.4 Å². The number of rotatable bonds is 15. The van der Waals surface area contributed by atoms with Crippen molar-refractivity contribution >= 4 is 29.3 Å². The van der Waals surface area contributed by atoms with Gasteiger partial charge in [-0.1, -0.05) is 45.1 Å². The third-order valence-electron chi connectivity index (χ3n) is 6.98. The Morgan fingerprint density at radius 3 is 2.23 bits per heavy atom. The molecule has 0 saturated heterocycles. The van der Waals surface area contributed by atoms with Crippen LogP contribution in [0.4, 0.5) is 11.4 Å². The Bertz CT molecular complexity index is 1160. The van der Waals surface area contributed by atoms with Gasteiger partial charge in [-0.25, -0.2) is 0 Å². The zero-order valence-electron chi connectivity index (χ0n) is 24.5. The van der Waals surface area contributed by atoms with Gasteiger partial charge in [-0.2, -0.15) is 0 Å². The minimum Gasteiger partial charge on any atom is -0.493 e. The van der Waals surface area contributed by atoms with Crippen LogP contribution in [-0.4, -0.2) is 60.0 Å². The SMILES string of the molecule is CCCCCCCCOC1C(=O)N(C)c2cc(NC(=O)/C=C/c3cc(OC)c(OC)c(OC)c3)ccc2C1OC. The van der Waals surface area contributed by atoms with Crippen LogP contribution in [0.25, 0.3) is 6.08 Å². The lowest BCUT2D eigenvalue weighted by atomic mass is 9.95. The summed E-state index contributed by atoms with van der Waals surface area (Å²) in [6.45, 7) is 2.71. The fourth-order valence-electron chi connectivity index (χ4n) is 4.81. The number of carbonyl (C=O) groups excluding carboxylic acids is 2. The summed E-state index contributed by atoms with van der Waals surface area (Å²) in [5.74, 6) is 0.958. The average molecular weight is 555 g/mol. The van der Waals surface area contributed by atoms with Crippen LogP contribution >= 0.6 is 0 Å². The monoisotopic (exact) mass is 554 g/mol. The molecule has 1 aliphatic rings. The van der Waals surface area contributed by atoms with Gasteiger partial charge in [0.15, 0.2) is 17.6 Å². The second kappa shape index (κ2) is 15.3. The Morgan fingerprint density at radius 1 is 0.925 bits per heavy atom. The normalized spacial score (nSPS) is 16.6. The molecule has 2 aromatic rings. The van der Waals surface area contributed by atoms with Crippen LogP contribution in [-0.2, 0) is 19.1 Å². The summed E-state index contributed by atoms with van der Waals surface area (Å²) in [6, 6.07) is 8.94. The number of nitrogens with zero attached hydrogens (tertiary/aromatic N) is 1. The molecule has 2 aromatic carbocycles. The molecule has 1 aliphatic heterocycles. The van der Waals surface area contributed by atoms with E-state index >= 15 is 0 Å². The first-order valence-corrected chi connectivity index (χ1v) is 13.7. The third kappa shape index (κ3) is 7.55. The summed E-state index contributed by atoms with van der Waals surface area (Å²) >= 11 is 0. The Hall–Kier alpha value is -3.56. The molecule has 0 radical (unpaired) electrons. The highest BCUT2D eigenvalue weighted by atomic mass is 16.5. The van der Waals surface area contributed by atoms with E-state index in [-0.39, 0.29) is 11.8 Å². The van der Waals surface area contributed by atoms with E-state index in [1.165, 1.54) is 53.1 Å². The number of anilines is 2. The van der Waals surface area contributed by atoms with Crippen LogP contribution in [0.3, 0.4) is 0 Å². The summed E-state index contributed by atoms with van der Waals surface area (Å²) in [4.78, 5) is 27.5. The van der Waals surface area contributed by atoms with E-state index in [1.54, 1.807) is 49.4 Å². The summed E-state index contributed by atoms with van der Waals surface area (Å²) in [5.41, 5.74) is 2.76. The lowest BCUT2D eigenvalue weighted by Crippen LogP contribution is -2.46. The number of fused-ring (bicyclic) bond motifs is 1. The van der Waals surface area contributed by atoms with Crippen molar-refractivity contribution < 1.29 is 33.3 Å². The van der Waals surface area contributed by atoms with E-state index in [4.69, 9.17) is 23.7 Å². The Labute approximate surface area is 237 Å². The second-order valence-corrected chi connectivity index (χ2v) is 9.67. The van der Waals surface area contributed by atoms with Gasteiger partial charge >= 0.3 is 0 Å². The number of methoxy groups -OCH3 is 4. The van der Waals surface area contributed by atoms with Crippen LogP contribution in [0.1, 0.15) is 62.7 Å². The molecule has 0 fully saturated rings. The molecule has 1 heterocycles. The molecule has 3 rings (SSSR count). The Balaban J connectivity index is 1.68. The minimum absolute atomic E-state index is 0.170. The van der Waals surface area contributed by atoms with Crippen LogP contribution in [0, 0.1) is 0 Å². The van der Waals surface area contributed by atoms with Crippen LogP contribution in [0.2, 0.25) is 0 Å². The fourth-order valence-corrected chi connectivity index (χ4v) is 4.81. The van der Waals surface area contributed by atoms with Crippen molar-refractivity contribution in [3.63, 3.8) is 0 Å². The van der Waals surface area contributed by atoms with E-state index in [2.05, 4.69) is 12.2 Å². The average Bonchev–Trinajstić information content (AvgIpc) is 2.97. The maximum absolute atomic E-state index is 13.2. The van der Waals surface area contributed by atoms with Crippen molar-refractivity contribution in [3.05, 3.63) is 47.5 Å². The first-order valence-electron chi connectivity index (χ1n) is 13.7. The van der Waals surface area contributed by atoms with Gasteiger partial charge in [-0.15, -0.1) is 0 Å². The number of amides is 2. The molecule has 218 valence electrons. The first kappa shape index (κ1) is 31.0. The molecule has 0 aromatic heterocycles. The standard InChI is InChI=1S/C31H42N2O7/c1-7-8-9-10-11-12-17-40-30-28(38-5)23-15-14-22(20-24(23)33(2)31(30)35)32-27(34)16-13-21-18-25(36-3)29(39-6)26(19-21)37-4/h13-16,18-20,28,30H,7-12,17H2,1-6H3,(H,32,34)/b16-13+. The Morgan fingerprint density at radius 2 is 1.60 bits per heavy atom. The maximum atomic E-state index is 13.2. The molecule has 0 spiro atoms. The van der Waals surface area contributed by atoms with Gasteiger partial charge in [-0.05, 0) is 42.3 Å². The number of hydrogen-bond donors (Lipinski definition) is 1. The molecule has 0 bridgehead atoms. The van der Waals surface area contributed by atoms with Crippen molar-refractivity contribution in [2.24, 2.45) is 0 Å². The van der Waals surface area contributed by atoms with Gasteiger partial charge in [0.25, 0.3) is 5.91 Å². The van der Waals surface area contributed by atoms with E-state index in [9.17, 15) is 9.59 Å². The highest BCUT2D eigenvalue weighted by molar-refractivity contribution is 6.04. The highest BCUT2D eigenvalue weighted by Crippen LogP contribution is 2.40. The first-order chi connectivity index (χ1) is 19.4. The molecule has 2 amide bonds. The quantitative estimate of drug-likeness (QED) is 0.220. The van der Waals surface area contributed by atoms with Crippen molar-refractivity contribution in [1.29, 1.82) is 0 Å². The van der Waals surface area contributed by atoms with Crippen LogP contribution in [0.5, 0.6) is 17.2 Å². The van der Waals surface area contributed by atoms with Crippen molar-refractivity contribution in [2.75, 3.05) is 52.3 Å². The molecule has 1 N–H and O–H groups in total. The minimum atomic E-state index is -0.708. The molecular formula is C31H42N2O7. The zero-order chi connectivity index (χ0) is 29.1. The molecule has 40 heavy (non-hydrogen) atoms. The number of ether oxygens (including phenoxy) is 5. The van der Waals surface area contributed by atoms with Crippen LogP contribution < -0.4 is 24.4 Å². The lowest BCUT2D eigenvalue weighted by Gasteiger charge is -2.37. The van der Waals surface area contributed by atoms with Gasteiger partial charge in [0.2, 0.25) is 11.7 Å². The summed E-state index contributed by atoms with van der Waals surface area (Å²) in [7, 11) is 7.90. The van der Waals surface area contributed by atoms with Gasteiger partial charge in [0.1, 0.15) is 6.10 Å². The van der Waals surface area contributed by atoms with Gasteiger partial charge < -0.3 is 33.9 Å². The van der Waals surface area contributed by atoms with Gasteiger partial charge in [0.05, 0.1) is 27.0 Å². The van der Waals surface area contributed by atoms with Crippen molar-refractivity contribution in [2.45, 2.75) is 57.7 Å². The van der Waals surface area contributed by atoms with Crippen molar-refractivity contribution in [3.8, 4) is 17.2 Å². The summed E-state index contributed by atoms with van der Waals surface area (Å²) < 4.78 is 27.8. The van der Waals surface area contributed by atoms with Crippen molar-refractivity contribution in [1.82, 2.24) is 0 Å². The predicted molar refractivity (Wildman–Crippen MR) is 156 cm³/mol. The molecule has 9 nitrogen and oxygen atoms in total. The maximum Gasteiger partial charge on any atom is 0.258 e. The number of benzene rings is 2. The topological polar surface area (TPSA) is 95.6 Å². The fraction of sp³-hybridized carbons (Fsp3) is 0.484. The molecule has 2 atom stereocenters. The zero-order valence-corrected chi connectivity index (χ0v) is 24.5. The molecule has 0 aliphatic carbocycles. The number of unbranched alkanes of at least 4 members (excludes halogenated alkanes) is 5. The molecule has 0 saturated carbocycles. The molecular weight excluding hydrogens is 512 g/mol.